The number of ether oxygens (including phenoxy) is 1. The van der Waals surface area contributed by atoms with Crippen molar-refractivity contribution in [3.8, 4) is 17.0 Å². The van der Waals surface area contributed by atoms with Gasteiger partial charge in [-0.3, -0.25) is 14.6 Å². The molecule has 1 atom stereocenters. The first-order valence-electron chi connectivity index (χ1n) is 10.3. The van der Waals surface area contributed by atoms with Crippen LogP contribution in [-0.2, 0) is 4.79 Å². The maximum Gasteiger partial charge on any atom is 0.325 e. The highest BCUT2D eigenvalue weighted by Crippen LogP contribution is 2.39. The predicted molar refractivity (Wildman–Crippen MR) is 120 cm³/mol. The lowest BCUT2D eigenvalue weighted by Crippen LogP contribution is -2.60. The molecule has 4 rings (SSSR count). The van der Waals surface area contributed by atoms with E-state index in [2.05, 4.69) is 11.9 Å². The minimum Gasteiger partial charge on any atom is -0.493 e. The first-order valence-corrected chi connectivity index (χ1v) is 11.5. The van der Waals surface area contributed by atoms with Crippen LogP contribution in [0, 0.1) is 0 Å². The maximum atomic E-state index is 13.1. The molecular formula is C23H25N4O3S+. The second-order valence-electron chi connectivity index (χ2n) is 7.28. The first-order chi connectivity index (χ1) is 15.1. The number of carbonyl (C=O) groups excluding carboxylic acids is 1. The van der Waals surface area contributed by atoms with Crippen molar-refractivity contribution in [3.05, 3.63) is 64.4 Å². The van der Waals surface area contributed by atoms with E-state index in [0.29, 0.717) is 34.5 Å². The number of nitrogens with zero attached hydrogens (tertiary/aromatic N) is 3. The summed E-state index contributed by atoms with van der Waals surface area (Å²) < 4.78 is 7.73. The normalized spacial score (nSPS) is 14.7. The zero-order chi connectivity index (χ0) is 22.0. The third kappa shape index (κ3) is 3.83. The minimum atomic E-state index is -0.645. The van der Waals surface area contributed by atoms with E-state index in [9.17, 15) is 9.59 Å². The molecular weight excluding hydrogens is 412 g/mol. The molecule has 2 aromatic carbocycles. The van der Waals surface area contributed by atoms with Crippen molar-refractivity contribution in [2.45, 2.75) is 38.0 Å². The van der Waals surface area contributed by atoms with E-state index < -0.39 is 6.17 Å². The minimum absolute atomic E-state index is 0.147. The van der Waals surface area contributed by atoms with Crippen LogP contribution in [0.25, 0.3) is 11.3 Å². The number of anilines is 1. The van der Waals surface area contributed by atoms with Gasteiger partial charge < -0.3 is 4.74 Å². The molecule has 1 amide bonds. The van der Waals surface area contributed by atoms with Crippen molar-refractivity contribution in [2.75, 3.05) is 17.8 Å². The third-order valence-corrected chi connectivity index (χ3v) is 5.81. The molecule has 8 heteroatoms. The fourth-order valence-electron chi connectivity index (χ4n) is 3.84. The lowest BCUT2D eigenvalue weighted by molar-refractivity contribution is -0.763. The smallest absolute Gasteiger partial charge is 0.325 e. The Morgan fingerprint density at radius 3 is 2.71 bits per heavy atom. The van der Waals surface area contributed by atoms with Crippen molar-refractivity contribution in [1.29, 1.82) is 0 Å². The van der Waals surface area contributed by atoms with Crippen LogP contribution in [0.5, 0.6) is 5.75 Å². The van der Waals surface area contributed by atoms with Gasteiger partial charge in [-0.25, -0.2) is 4.90 Å². The summed E-state index contributed by atoms with van der Waals surface area (Å²) in [6.45, 7) is 4.21. The van der Waals surface area contributed by atoms with Crippen LogP contribution in [0.1, 0.15) is 38.4 Å². The molecule has 0 aliphatic carbocycles. The van der Waals surface area contributed by atoms with Gasteiger partial charge >= 0.3 is 11.3 Å². The maximum absolute atomic E-state index is 13.1. The summed E-state index contributed by atoms with van der Waals surface area (Å²) in [6, 6.07) is 15.0. The van der Waals surface area contributed by atoms with Crippen LogP contribution in [0.4, 0.5) is 5.69 Å². The number of fused-ring (bicyclic) bond motifs is 3. The van der Waals surface area contributed by atoms with E-state index in [-0.39, 0.29) is 11.5 Å². The Balaban J connectivity index is 2.00. The highest BCUT2D eigenvalue weighted by Gasteiger charge is 2.45. The van der Waals surface area contributed by atoms with Gasteiger partial charge in [0.25, 0.3) is 6.17 Å². The first kappa shape index (κ1) is 21.1. The molecule has 0 spiro atoms. The zero-order valence-electron chi connectivity index (χ0n) is 17.8. The number of benzene rings is 2. The second-order valence-corrected chi connectivity index (χ2v) is 8.07. The lowest BCUT2D eigenvalue weighted by atomic mass is 10.0. The quantitative estimate of drug-likeness (QED) is 0.363. The Morgan fingerprint density at radius 1 is 1.23 bits per heavy atom. The van der Waals surface area contributed by atoms with E-state index in [0.717, 1.165) is 18.4 Å². The number of thioether (sulfide) groups is 1. The molecule has 1 aliphatic rings. The Labute approximate surface area is 185 Å². The number of H-pyrrole nitrogens is 1. The number of aromatic amines is 1. The van der Waals surface area contributed by atoms with Crippen LogP contribution >= 0.6 is 11.8 Å². The van der Waals surface area contributed by atoms with Crippen LogP contribution in [0.2, 0.25) is 0 Å². The molecule has 2 heterocycles. The van der Waals surface area contributed by atoms with Crippen LogP contribution < -0.4 is 19.9 Å². The van der Waals surface area contributed by atoms with Gasteiger partial charge in [0.1, 0.15) is 5.75 Å². The Bertz CT molecular complexity index is 1180. The Hall–Kier alpha value is -3.13. The van der Waals surface area contributed by atoms with Gasteiger partial charge in [0, 0.05) is 12.0 Å². The summed E-state index contributed by atoms with van der Waals surface area (Å²) in [5.74, 6) is 0.532. The van der Waals surface area contributed by atoms with Gasteiger partial charge in [-0.15, -0.1) is 0 Å². The molecule has 0 fully saturated rings. The highest BCUT2D eigenvalue weighted by molar-refractivity contribution is 7.98. The van der Waals surface area contributed by atoms with Gasteiger partial charge in [-0.05, 0) is 41.6 Å². The number of aromatic nitrogens is 3. The summed E-state index contributed by atoms with van der Waals surface area (Å²) >= 11 is 1.34. The van der Waals surface area contributed by atoms with E-state index >= 15 is 0 Å². The van der Waals surface area contributed by atoms with Gasteiger partial charge in [0.05, 0.1) is 23.4 Å². The summed E-state index contributed by atoms with van der Waals surface area (Å²) in [7, 11) is 0. The summed E-state index contributed by atoms with van der Waals surface area (Å²) in [5, 5.41) is 5.17. The van der Waals surface area contributed by atoms with Gasteiger partial charge in [-0.2, -0.15) is 0 Å². The molecule has 31 heavy (non-hydrogen) atoms. The van der Waals surface area contributed by atoms with E-state index in [4.69, 9.17) is 9.84 Å². The molecule has 160 valence electrons. The fourth-order valence-corrected chi connectivity index (χ4v) is 4.20. The van der Waals surface area contributed by atoms with E-state index in [1.165, 1.54) is 18.7 Å². The SMILES string of the molecule is CCCCOc1ccccc1[C@@H]1N(C(C)=O)c2ccccc2-c2c(=O)[nH]c(SC)n[n+]21. The molecule has 7 nitrogen and oxygen atoms in total. The third-order valence-electron chi connectivity index (χ3n) is 5.24. The molecule has 3 aromatic rings. The largest absolute Gasteiger partial charge is 0.493 e. The number of amides is 1. The number of hydrogen-bond acceptors (Lipinski definition) is 5. The molecule has 0 saturated carbocycles. The topological polar surface area (TPSA) is 79.2 Å². The van der Waals surface area contributed by atoms with Crippen LogP contribution in [0.15, 0.2) is 58.5 Å². The molecule has 1 aromatic heterocycles. The zero-order valence-corrected chi connectivity index (χ0v) is 18.6. The van der Waals surface area contributed by atoms with Gasteiger partial charge in [0.15, 0.2) is 0 Å². The molecule has 0 bridgehead atoms. The number of hydrogen-bond donors (Lipinski definition) is 1. The predicted octanol–water partition coefficient (Wildman–Crippen LogP) is 3.54. The molecule has 0 saturated heterocycles. The van der Waals surface area contributed by atoms with Crippen molar-refractivity contribution < 1.29 is 14.2 Å². The van der Waals surface area contributed by atoms with Crippen molar-refractivity contribution in [2.24, 2.45) is 0 Å². The van der Waals surface area contributed by atoms with Gasteiger partial charge in [0.2, 0.25) is 11.1 Å². The van der Waals surface area contributed by atoms with Crippen molar-refractivity contribution >= 4 is 23.4 Å². The number of rotatable bonds is 6. The Kier molecular flexibility index (Phi) is 6.08. The average Bonchev–Trinajstić information content (AvgIpc) is 2.78. The molecule has 1 N–H and O–H groups in total. The number of carbonyl (C=O) groups is 1. The Morgan fingerprint density at radius 2 is 1.97 bits per heavy atom. The molecule has 0 unspecified atom stereocenters. The lowest BCUT2D eigenvalue weighted by Gasteiger charge is -2.31. The van der Waals surface area contributed by atoms with E-state index in [1.54, 1.807) is 9.58 Å². The average molecular weight is 438 g/mol. The summed E-state index contributed by atoms with van der Waals surface area (Å²) in [4.78, 5) is 30.5. The number of nitrogens with one attached hydrogen (secondary N) is 1. The monoisotopic (exact) mass is 437 g/mol. The van der Waals surface area contributed by atoms with E-state index in [1.807, 2.05) is 54.8 Å². The van der Waals surface area contributed by atoms with Crippen molar-refractivity contribution in [3.63, 3.8) is 0 Å². The fraction of sp³-hybridized carbons (Fsp3) is 0.304. The summed E-state index contributed by atoms with van der Waals surface area (Å²) in [5.41, 5.74) is 2.29. The van der Waals surface area contributed by atoms with Crippen molar-refractivity contribution in [1.82, 2.24) is 10.1 Å². The van der Waals surface area contributed by atoms with Crippen LogP contribution in [0.3, 0.4) is 0 Å². The number of para-hydroxylation sites is 2. The highest BCUT2D eigenvalue weighted by atomic mass is 32.2. The molecule has 1 aliphatic heterocycles. The molecule has 0 radical (unpaired) electrons. The standard InChI is InChI=1S/C23H24N4O3S/c1-4-5-14-30-19-13-9-7-11-17(19)22-26(15(2)28)18-12-8-6-10-16(18)20-21(29)24-23(31-3)25-27(20)22/h6-13,22H,4-5,14H2,1-3H3/p+1/t22-/m1/s1. The van der Waals surface area contributed by atoms with Gasteiger partial charge in [-0.1, -0.05) is 49.4 Å². The second kappa shape index (κ2) is 8.93. The number of unbranched alkanes of at least 4 members (excludes halogenated alkanes) is 1. The summed E-state index contributed by atoms with van der Waals surface area (Å²) in [6.07, 6.45) is 3.15. The van der Waals surface area contributed by atoms with Crippen LogP contribution in [-0.4, -0.2) is 28.9 Å².